The van der Waals surface area contributed by atoms with Crippen molar-refractivity contribution in [3.63, 3.8) is 0 Å². The van der Waals surface area contributed by atoms with Crippen molar-refractivity contribution in [1.29, 1.82) is 0 Å². The molecule has 3 rings (SSSR count). The standard InChI is InChI=1S/C12H13N3O/c1-8(16)11-6-14-15-7-10(5-13-12(11)15)9-3-2-4-9/h5-7,9H,2-4H2,1H3. The fourth-order valence-corrected chi connectivity index (χ4v) is 2.09. The second-order valence-electron chi connectivity index (χ2n) is 4.40. The Morgan fingerprint density at radius 1 is 1.44 bits per heavy atom. The van der Waals surface area contributed by atoms with E-state index in [1.54, 1.807) is 17.6 Å². The van der Waals surface area contributed by atoms with E-state index in [1.807, 2.05) is 12.4 Å². The minimum Gasteiger partial charge on any atom is -0.294 e. The summed E-state index contributed by atoms with van der Waals surface area (Å²) in [4.78, 5) is 15.7. The van der Waals surface area contributed by atoms with E-state index in [4.69, 9.17) is 0 Å². The fourth-order valence-electron chi connectivity index (χ4n) is 2.09. The molecule has 1 aliphatic carbocycles. The van der Waals surface area contributed by atoms with Crippen LogP contribution in [0, 0.1) is 0 Å². The van der Waals surface area contributed by atoms with Gasteiger partial charge in [0.1, 0.15) is 0 Å². The Hall–Kier alpha value is -1.71. The van der Waals surface area contributed by atoms with E-state index in [0.29, 0.717) is 17.1 Å². The topological polar surface area (TPSA) is 47.3 Å². The molecule has 1 fully saturated rings. The quantitative estimate of drug-likeness (QED) is 0.721. The van der Waals surface area contributed by atoms with Gasteiger partial charge >= 0.3 is 0 Å². The van der Waals surface area contributed by atoms with Gasteiger partial charge in [-0.3, -0.25) is 4.79 Å². The molecular weight excluding hydrogens is 202 g/mol. The summed E-state index contributed by atoms with van der Waals surface area (Å²) >= 11 is 0. The highest BCUT2D eigenvalue weighted by Crippen LogP contribution is 2.35. The molecule has 16 heavy (non-hydrogen) atoms. The van der Waals surface area contributed by atoms with Gasteiger partial charge in [-0.15, -0.1) is 0 Å². The van der Waals surface area contributed by atoms with Crippen molar-refractivity contribution < 1.29 is 4.79 Å². The van der Waals surface area contributed by atoms with E-state index in [0.717, 1.165) is 0 Å². The summed E-state index contributed by atoms with van der Waals surface area (Å²) in [6, 6.07) is 0. The molecule has 82 valence electrons. The number of aromatic nitrogens is 3. The lowest BCUT2D eigenvalue weighted by atomic mass is 9.81. The zero-order chi connectivity index (χ0) is 11.1. The first-order valence-electron chi connectivity index (χ1n) is 5.60. The molecule has 2 heterocycles. The second-order valence-corrected chi connectivity index (χ2v) is 4.40. The Kier molecular flexibility index (Phi) is 2.02. The SMILES string of the molecule is CC(=O)c1cnn2cc(C3CCC3)cnc12. The molecular formula is C12H13N3O. The lowest BCUT2D eigenvalue weighted by molar-refractivity contribution is 0.101. The molecule has 0 radical (unpaired) electrons. The summed E-state index contributed by atoms with van der Waals surface area (Å²) in [5.41, 5.74) is 2.49. The maximum absolute atomic E-state index is 11.3. The van der Waals surface area contributed by atoms with Crippen LogP contribution in [0.3, 0.4) is 0 Å². The molecule has 4 nitrogen and oxygen atoms in total. The number of carbonyl (C=O) groups is 1. The third-order valence-electron chi connectivity index (χ3n) is 3.33. The molecule has 2 aromatic rings. The van der Waals surface area contributed by atoms with Crippen LogP contribution in [0.4, 0.5) is 0 Å². The number of hydrogen-bond donors (Lipinski definition) is 0. The van der Waals surface area contributed by atoms with Crippen LogP contribution in [0.25, 0.3) is 5.65 Å². The molecule has 1 aliphatic rings. The van der Waals surface area contributed by atoms with Crippen LogP contribution in [-0.4, -0.2) is 20.4 Å². The highest BCUT2D eigenvalue weighted by molar-refractivity contribution is 5.99. The molecule has 0 aliphatic heterocycles. The molecule has 0 saturated heterocycles. The summed E-state index contributed by atoms with van der Waals surface area (Å²) in [5.74, 6) is 0.653. The zero-order valence-corrected chi connectivity index (χ0v) is 9.18. The van der Waals surface area contributed by atoms with Crippen LogP contribution in [0.5, 0.6) is 0 Å². The zero-order valence-electron chi connectivity index (χ0n) is 9.18. The summed E-state index contributed by atoms with van der Waals surface area (Å²) in [6.45, 7) is 1.54. The summed E-state index contributed by atoms with van der Waals surface area (Å²) < 4.78 is 1.71. The summed E-state index contributed by atoms with van der Waals surface area (Å²) in [7, 11) is 0. The number of fused-ring (bicyclic) bond motifs is 1. The molecule has 1 saturated carbocycles. The van der Waals surface area contributed by atoms with Gasteiger partial charge in [-0.05, 0) is 31.2 Å². The van der Waals surface area contributed by atoms with Crippen LogP contribution in [-0.2, 0) is 0 Å². The van der Waals surface area contributed by atoms with E-state index >= 15 is 0 Å². The Labute approximate surface area is 93.3 Å². The van der Waals surface area contributed by atoms with Gasteiger partial charge in [0.05, 0.1) is 11.8 Å². The van der Waals surface area contributed by atoms with Gasteiger partial charge in [-0.25, -0.2) is 9.50 Å². The van der Waals surface area contributed by atoms with Crippen molar-refractivity contribution >= 4 is 11.4 Å². The highest BCUT2D eigenvalue weighted by atomic mass is 16.1. The molecule has 2 aromatic heterocycles. The minimum atomic E-state index is 0.0129. The second kappa shape index (κ2) is 3.40. The van der Waals surface area contributed by atoms with Crippen LogP contribution < -0.4 is 0 Å². The molecule has 0 atom stereocenters. The predicted octanol–water partition coefficient (Wildman–Crippen LogP) is 2.20. The van der Waals surface area contributed by atoms with Crippen LogP contribution in [0.2, 0.25) is 0 Å². The Morgan fingerprint density at radius 2 is 2.25 bits per heavy atom. The van der Waals surface area contributed by atoms with Gasteiger partial charge in [0.25, 0.3) is 0 Å². The number of nitrogens with zero attached hydrogens (tertiary/aromatic N) is 3. The van der Waals surface area contributed by atoms with Gasteiger partial charge in [0, 0.05) is 12.4 Å². The number of rotatable bonds is 2. The third kappa shape index (κ3) is 1.33. The lowest BCUT2D eigenvalue weighted by Gasteiger charge is -2.25. The van der Waals surface area contributed by atoms with Crippen molar-refractivity contribution in [2.24, 2.45) is 0 Å². The molecule has 0 aromatic carbocycles. The maximum atomic E-state index is 11.3. The number of ketones is 1. The van der Waals surface area contributed by atoms with E-state index in [9.17, 15) is 4.79 Å². The molecule has 0 N–H and O–H groups in total. The summed E-state index contributed by atoms with van der Waals surface area (Å²) in [6.07, 6.45) is 9.27. The van der Waals surface area contributed by atoms with E-state index in [1.165, 1.54) is 24.8 Å². The Balaban J connectivity index is 2.09. The smallest absolute Gasteiger partial charge is 0.165 e. The van der Waals surface area contributed by atoms with Crippen LogP contribution in [0.15, 0.2) is 18.6 Å². The Morgan fingerprint density at radius 3 is 2.88 bits per heavy atom. The fraction of sp³-hybridized carbons (Fsp3) is 0.417. The first-order valence-corrected chi connectivity index (χ1v) is 5.60. The molecule has 0 spiro atoms. The van der Waals surface area contributed by atoms with Crippen molar-refractivity contribution in [2.45, 2.75) is 32.1 Å². The van der Waals surface area contributed by atoms with Crippen molar-refractivity contribution in [3.8, 4) is 0 Å². The van der Waals surface area contributed by atoms with E-state index in [-0.39, 0.29) is 5.78 Å². The highest BCUT2D eigenvalue weighted by Gasteiger charge is 2.21. The van der Waals surface area contributed by atoms with Gasteiger partial charge in [-0.2, -0.15) is 5.10 Å². The molecule has 0 unspecified atom stereocenters. The average Bonchev–Trinajstić information content (AvgIpc) is 2.57. The van der Waals surface area contributed by atoms with Crippen LogP contribution >= 0.6 is 0 Å². The number of carbonyl (C=O) groups excluding carboxylic acids is 1. The lowest BCUT2D eigenvalue weighted by Crippen LogP contribution is -2.10. The number of hydrogen-bond acceptors (Lipinski definition) is 3. The first-order chi connectivity index (χ1) is 7.75. The predicted molar refractivity (Wildman–Crippen MR) is 59.6 cm³/mol. The Bertz CT molecular complexity index is 554. The first kappa shape index (κ1) is 9.51. The van der Waals surface area contributed by atoms with Gasteiger partial charge in [0.2, 0.25) is 0 Å². The van der Waals surface area contributed by atoms with Crippen molar-refractivity contribution in [2.75, 3.05) is 0 Å². The van der Waals surface area contributed by atoms with Gasteiger partial charge < -0.3 is 0 Å². The van der Waals surface area contributed by atoms with Gasteiger partial charge in [0.15, 0.2) is 11.4 Å². The van der Waals surface area contributed by atoms with E-state index < -0.39 is 0 Å². The van der Waals surface area contributed by atoms with Crippen molar-refractivity contribution in [1.82, 2.24) is 14.6 Å². The molecule has 0 amide bonds. The third-order valence-corrected chi connectivity index (χ3v) is 3.33. The van der Waals surface area contributed by atoms with Crippen LogP contribution in [0.1, 0.15) is 48.0 Å². The van der Waals surface area contributed by atoms with Gasteiger partial charge in [-0.1, -0.05) is 6.42 Å². The molecule has 4 heteroatoms. The maximum Gasteiger partial charge on any atom is 0.165 e. The monoisotopic (exact) mass is 215 g/mol. The normalized spacial score (nSPS) is 16.3. The summed E-state index contributed by atoms with van der Waals surface area (Å²) in [5, 5.41) is 4.17. The van der Waals surface area contributed by atoms with E-state index in [2.05, 4.69) is 10.1 Å². The van der Waals surface area contributed by atoms with Crippen molar-refractivity contribution in [3.05, 3.63) is 29.7 Å². The number of Topliss-reactive ketones (excluding diaryl/α,β-unsaturated/α-hetero) is 1. The largest absolute Gasteiger partial charge is 0.294 e. The minimum absolute atomic E-state index is 0.0129. The average molecular weight is 215 g/mol. The molecule has 0 bridgehead atoms.